The van der Waals surface area contributed by atoms with Crippen LogP contribution in [0.15, 0.2) is 229 Å². The molecule has 14 rings (SSSR count). The Morgan fingerprint density at radius 1 is 0.250 bits per heavy atom. The molecular formula is C60H37N3O. The zero-order valence-corrected chi connectivity index (χ0v) is 34.6. The van der Waals surface area contributed by atoms with E-state index in [1.54, 1.807) is 0 Å². The number of para-hydroxylation sites is 5. The van der Waals surface area contributed by atoms with Gasteiger partial charge in [0, 0.05) is 49.1 Å². The SMILES string of the molecule is c1ccc(-c2cccc(-c3cc(-n4c5ccccc5c5ccc(-n6c7ccccc7c7cc(-n8c9ccccc9c9ccccc98)ccc76)cc54)c4c(c3)oc3ccccc34)c2)cc1. The predicted octanol–water partition coefficient (Wildman–Crippen LogP) is 16.2. The second kappa shape index (κ2) is 13.4. The number of benzene rings is 10. The molecule has 0 N–H and O–H groups in total. The zero-order chi connectivity index (χ0) is 41.9. The lowest BCUT2D eigenvalue weighted by Gasteiger charge is -2.14. The van der Waals surface area contributed by atoms with Gasteiger partial charge in [-0.2, -0.15) is 0 Å². The lowest BCUT2D eigenvalue weighted by atomic mass is 9.97. The van der Waals surface area contributed by atoms with Gasteiger partial charge in [0.1, 0.15) is 11.2 Å². The molecule has 4 aromatic heterocycles. The maximum Gasteiger partial charge on any atom is 0.138 e. The van der Waals surface area contributed by atoms with Crippen LogP contribution in [-0.2, 0) is 0 Å². The van der Waals surface area contributed by atoms with E-state index in [0.717, 1.165) is 66.7 Å². The first-order chi connectivity index (χ1) is 31.7. The summed E-state index contributed by atoms with van der Waals surface area (Å²) in [7, 11) is 0. The lowest BCUT2D eigenvalue weighted by molar-refractivity contribution is 0.669. The van der Waals surface area contributed by atoms with E-state index in [1.165, 1.54) is 60.0 Å². The van der Waals surface area contributed by atoms with Crippen LogP contribution in [0.3, 0.4) is 0 Å². The quantitative estimate of drug-likeness (QED) is 0.170. The van der Waals surface area contributed by atoms with Gasteiger partial charge in [-0.3, -0.25) is 0 Å². The molecule has 0 aliphatic carbocycles. The molecule has 14 aromatic rings. The monoisotopic (exact) mass is 815 g/mol. The van der Waals surface area contributed by atoms with Gasteiger partial charge in [0.15, 0.2) is 0 Å². The Kier molecular flexibility index (Phi) is 7.36. The van der Waals surface area contributed by atoms with Crippen LogP contribution in [0.25, 0.3) is 127 Å². The number of furan rings is 1. The molecule has 0 amide bonds. The molecule has 4 heterocycles. The summed E-state index contributed by atoms with van der Waals surface area (Å²) in [5, 5.41) is 9.56. The normalized spacial score (nSPS) is 12.1. The largest absolute Gasteiger partial charge is 0.456 e. The molecule has 0 aliphatic rings. The topological polar surface area (TPSA) is 27.9 Å². The van der Waals surface area contributed by atoms with Crippen LogP contribution in [0.2, 0.25) is 0 Å². The molecule has 0 saturated carbocycles. The molecule has 0 bridgehead atoms. The summed E-state index contributed by atoms with van der Waals surface area (Å²) in [6.07, 6.45) is 0. The highest BCUT2D eigenvalue weighted by molar-refractivity contribution is 6.16. The Morgan fingerprint density at radius 2 is 0.734 bits per heavy atom. The van der Waals surface area contributed by atoms with E-state index in [2.05, 4.69) is 238 Å². The van der Waals surface area contributed by atoms with Crippen LogP contribution < -0.4 is 0 Å². The van der Waals surface area contributed by atoms with Crippen molar-refractivity contribution < 1.29 is 4.42 Å². The molecule has 0 fully saturated rings. The third kappa shape index (κ3) is 5.05. The number of aromatic nitrogens is 3. The van der Waals surface area contributed by atoms with E-state index in [4.69, 9.17) is 4.42 Å². The molecule has 0 spiro atoms. The summed E-state index contributed by atoms with van der Waals surface area (Å²) < 4.78 is 14.1. The average Bonchev–Trinajstić information content (AvgIpc) is 4.10. The number of nitrogens with zero attached hydrogens (tertiary/aromatic N) is 3. The smallest absolute Gasteiger partial charge is 0.138 e. The van der Waals surface area contributed by atoms with Gasteiger partial charge in [-0.1, -0.05) is 146 Å². The fourth-order valence-electron chi connectivity index (χ4n) is 10.6. The molecular weight excluding hydrogens is 779 g/mol. The molecule has 64 heavy (non-hydrogen) atoms. The van der Waals surface area contributed by atoms with Crippen LogP contribution in [-0.4, -0.2) is 13.7 Å². The van der Waals surface area contributed by atoms with Crippen LogP contribution in [0.5, 0.6) is 0 Å². The Labute approximate surface area is 367 Å². The predicted molar refractivity (Wildman–Crippen MR) is 268 cm³/mol. The van der Waals surface area contributed by atoms with Gasteiger partial charge in [0.05, 0.1) is 44.2 Å². The van der Waals surface area contributed by atoms with Crippen LogP contribution in [0.1, 0.15) is 0 Å². The summed E-state index contributed by atoms with van der Waals surface area (Å²) in [5.74, 6) is 0. The maximum atomic E-state index is 6.74. The van der Waals surface area contributed by atoms with Crippen molar-refractivity contribution in [1.29, 1.82) is 0 Å². The van der Waals surface area contributed by atoms with Gasteiger partial charge in [-0.25, -0.2) is 0 Å². The number of hydrogen-bond donors (Lipinski definition) is 0. The van der Waals surface area contributed by atoms with Gasteiger partial charge in [0.2, 0.25) is 0 Å². The summed E-state index contributed by atoms with van der Waals surface area (Å²) in [6.45, 7) is 0. The first kappa shape index (κ1) is 35.0. The number of rotatable bonds is 5. The Balaban J connectivity index is 1.02. The van der Waals surface area contributed by atoms with E-state index in [1.807, 2.05) is 0 Å². The van der Waals surface area contributed by atoms with E-state index >= 15 is 0 Å². The molecule has 0 atom stereocenters. The van der Waals surface area contributed by atoms with Gasteiger partial charge in [0.25, 0.3) is 0 Å². The van der Waals surface area contributed by atoms with Crippen molar-refractivity contribution in [2.45, 2.75) is 0 Å². The Morgan fingerprint density at radius 3 is 1.41 bits per heavy atom. The molecule has 4 nitrogen and oxygen atoms in total. The average molecular weight is 816 g/mol. The zero-order valence-electron chi connectivity index (χ0n) is 34.6. The highest BCUT2D eigenvalue weighted by Crippen LogP contribution is 2.43. The second-order valence-electron chi connectivity index (χ2n) is 16.9. The Hall–Kier alpha value is -8.60. The maximum absolute atomic E-state index is 6.74. The summed E-state index contributed by atoms with van der Waals surface area (Å²) in [5.41, 5.74) is 16.7. The van der Waals surface area contributed by atoms with Gasteiger partial charge < -0.3 is 18.1 Å². The fourth-order valence-corrected chi connectivity index (χ4v) is 10.6. The Bertz CT molecular complexity index is 4140. The van der Waals surface area contributed by atoms with E-state index in [-0.39, 0.29) is 0 Å². The summed E-state index contributed by atoms with van der Waals surface area (Å²) in [4.78, 5) is 0. The van der Waals surface area contributed by atoms with Gasteiger partial charge >= 0.3 is 0 Å². The van der Waals surface area contributed by atoms with E-state index in [0.29, 0.717) is 0 Å². The van der Waals surface area contributed by atoms with Crippen molar-refractivity contribution in [1.82, 2.24) is 13.7 Å². The number of hydrogen-bond acceptors (Lipinski definition) is 1. The van der Waals surface area contributed by atoms with E-state index in [9.17, 15) is 0 Å². The van der Waals surface area contributed by atoms with Crippen molar-refractivity contribution in [3.8, 4) is 39.3 Å². The van der Waals surface area contributed by atoms with Crippen molar-refractivity contribution in [3.63, 3.8) is 0 Å². The molecule has 298 valence electrons. The molecule has 0 saturated heterocycles. The van der Waals surface area contributed by atoms with Crippen molar-refractivity contribution in [2.75, 3.05) is 0 Å². The molecule has 0 radical (unpaired) electrons. The first-order valence-corrected chi connectivity index (χ1v) is 21.9. The summed E-state index contributed by atoms with van der Waals surface area (Å²) in [6, 6.07) is 81.5. The minimum absolute atomic E-state index is 0.863. The number of fused-ring (bicyclic) bond motifs is 12. The molecule has 0 unspecified atom stereocenters. The van der Waals surface area contributed by atoms with Crippen molar-refractivity contribution >= 4 is 87.4 Å². The minimum Gasteiger partial charge on any atom is -0.456 e. The first-order valence-electron chi connectivity index (χ1n) is 21.9. The highest BCUT2D eigenvalue weighted by atomic mass is 16.3. The highest BCUT2D eigenvalue weighted by Gasteiger charge is 2.22. The fraction of sp³-hybridized carbons (Fsp3) is 0. The minimum atomic E-state index is 0.863. The molecule has 0 aliphatic heterocycles. The standard InChI is InChI=1S/C60H37N3O/c1-2-15-38(16-3-1)39-17-14-18-40(33-39)41-34-57(60-49-23-8-13-28-58(49)64-59(60)35-41)63-54-27-12-6-21-46(54)48-31-29-43(37-56(48)63)62-53-26-11-7-22-47(53)50-36-42(30-32-55(50)62)61-51-24-9-4-19-44(51)45-20-5-10-25-52(45)61/h1-37H. The van der Waals surface area contributed by atoms with Gasteiger partial charge in [-0.15, -0.1) is 0 Å². The van der Waals surface area contributed by atoms with Crippen LogP contribution >= 0.6 is 0 Å². The van der Waals surface area contributed by atoms with Crippen LogP contribution in [0, 0.1) is 0 Å². The van der Waals surface area contributed by atoms with Crippen molar-refractivity contribution in [2.24, 2.45) is 0 Å². The summed E-state index contributed by atoms with van der Waals surface area (Å²) >= 11 is 0. The molecule has 4 heteroatoms. The lowest BCUT2D eigenvalue weighted by Crippen LogP contribution is -1.98. The van der Waals surface area contributed by atoms with Crippen molar-refractivity contribution in [3.05, 3.63) is 224 Å². The second-order valence-corrected chi connectivity index (χ2v) is 16.9. The third-order valence-corrected chi connectivity index (χ3v) is 13.4. The van der Waals surface area contributed by atoms with Crippen LogP contribution in [0.4, 0.5) is 0 Å². The third-order valence-electron chi connectivity index (χ3n) is 13.4. The van der Waals surface area contributed by atoms with E-state index < -0.39 is 0 Å². The molecule has 10 aromatic carbocycles. The van der Waals surface area contributed by atoms with Gasteiger partial charge in [-0.05, 0) is 101 Å².